The van der Waals surface area contributed by atoms with Gasteiger partial charge >= 0.3 is 0 Å². The third-order valence-corrected chi connectivity index (χ3v) is 5.29. The van der Waals surface area contributed by atoms with Crippen molar-refractivity contribution in [3.05, 3.63) is 35.1 Å². The number of aliphatic hydroxyl groups is 1. The van der Waals surface area contributed by atoms with E-state index < -0.39 is 0 Å². The third-order valence-electron chi connectivity index (χ3n) is 5.29. The Hall–Kier alpha value is -1.46. The summed E-state index contributed by atoms with van der Waals surface area (Å²) < 4.78 is 13.4. The van der Waals surface area contributed by atoms with E-state index >= 15 is 0 Å². The van der Waals surface area contributed by atoms with Gasteiger partial charge in [-0.1, -0.05) is 0 Å². The van der Waals surface area contributed by atoms with Crippen molar-refractivity contribution in [3.63, 3.8) is 0 Å². The normalized spacial score (nSPS) is 25.2. The van der Waals surface area contributed by atoms with E-state index in [4.69, 9.17) is 0 Å². The molecule has 0 aromatic heterocycles. The number of aliphatic hydroxyl groups excluding tert-OH is 1. The molecule has 2 fully saturated rings. The smallest absolute Gasteiger partial charge is 0.253 e. The molecule has 0 radical (unpaired) electrons. The number of piperidine rings is 1. The molecule has 0 bridgehead atoms. The summed E-state index contributed by atoms with van der Waals surface area (Å²) in [4.78, 5) is 17.1. The summed E-state index contributed by atoms with van der Waals surface area (Å²) in [6, 6.07) is 4.54. The Bertz CT molecular complexity index is 587. The Kier molecular flexibility index (Phi) is 5.51. The van der Waals surface area contributed by atoms with Gasteiger partial charge in [0.2, 0.25) is 0 Å². The molecule has 1 amide bonds. The predicted octanol–water partition coefficient (Wildman–Crippen LogP) is 2.30. The van der Waals surface area contributed by atoms with Crippen LogP contribution in [0, 0.1) is 24.6 Å². The first-order chi connectivity index (χ1) is 11.6. The van der Waals surface area contributed by atoms with E-state index in [1.54, 1.807) is 19.1 Å². The number of amides is 1. The minimum Gasteiger partial charge on any atom is -0.396 e. The standard InChI is InChI=1S/C19H27FN2O2/c1-14-8-17(4-5-18(14)20)19(24)22-11-15(9-16(12-22)13-23)10-21-6-2-3-7-21/h4-5,8,15-16,23H,2-3,6-7,9-13H2,1H3/t15-,16-/m1/s1. The fraction of sp³-hybridized carbons (Fsp3) is 0.632. The highest BCUT2D eigenvalue weighted by Crippen LogP contribution is 2.25. The van der Waals surface area contributed by atoms with Crippen LogP contribution in [0.1, 0.15) is 35.2 Å². The molecule has 2 heterocycles. The second kappa shape index (κ2) is 7.62. The summed E-state index contributed by atoms with van der Waals surface area (Å²) in [6.07, 6.45) is 3.49. The Labute approximate surface area is 143 Å². The molecule has 4 nitrogen and oxygen atoms in total. The van der Waals surface area contributed by atoms with Crippen LogP contribution in [-0.2, 0) is 0 Å². The van der Waals surface area contributed by atoms with Crippen molar-refractivity contribution in [2.75, 3.05) is 39.3 Å². The fourth-order valence-corrected chi connectivity index (χ4v) is 4.04. The van der Waals surface area contributed by atoms with Gasteiger partial charge in [0, 0.05) is 31.8 Å². The zero-order chi connectivity index (χ0) is 17.1. The van der Waals surface area contributed by atoms with Crippen molar-refractivity contribution in [3.8, 4) is 0 Å². The maximum Gasteiger partial charge on any atom is 0.253 e. The zero-order valence-corrected chi connectivity index (χ0v) is 14.4. The van der Waals surface area contributed by atoms with E-state index in [2.05, 4.69) is 4.90 Å². The lowest BCUT2D eigenvalue weighted by molar-refractivity contribution is 0.0465. The van der Waals surface area contributed by atoms with Gasteiger partial charge in [0.25, 0.3) is 5.91 Å². The molecule has 0 unspecified atom stereocenters. The number of aryl methyl sites for hydroxylation is 1. The van der Waals surface area contributed by atoms with E-state index in [1.165, 1.54) is 18.9 Å². The highest BCUT2D eigenvalue weighted by atomic mass is 19.1. The van der Waals surface area contributed by atoms with Crippen molar-refractivity contribution in [1.29, 1.82) is 0 Å². The SMILES string of the molecule is Cc1cc(C(=O)N2C[C@H](CO)C[C@H](CN3CCCC3)C2)ccc1F. The van der Waals surface area contributed by atoms with Crippen molar-refractivity contribution in [1.82, 2.24) is 9.80 Å². The lowest BCUT2D eigenvalue weighted by Crippen LogP contribution is -2.47. The molecular weight excluding hydrogens is 307 g/mol. The fourth-order valence-electron chi connectivity index (χ4n) is 4.04. The van der Waals surface area contributed by atoms with Gasteiger partial charge in [-0.15, -0.1) is 0 Å². The summed E-state index contributed by atoms with van der Waals surface area (Å²) in [5.74, 6) is 0.198. The van der Waals surface area contributed by atoms with Crippen LogP contribution in [0.15, 0.2) is 18.2 Å². The van der Waals surface area contributed by atoms with Gasteiger partial charge in [-0.25, -0.2) is 4.39 Å². The molecule has 3 rings (SSSR count). The molecule has 1 aromatic rings. The Balaban J connectivity index is 1.70. The van der Waals surface area contributed by atoms with E-state index in [9.17, 15) is 14.3 Å². The van der Waals surface area contributed by atoms with Crippen LogP contribution in [-0.4, -0.2) is 60.1 Å². The van der Waals surface area contributed by atoms with Gasteiger partial charge in [0.05, 0.1) is 0 Å². The van der Waals surface area contributed by atoms with Crippen molar-refractivity contribution in [2.24, 2.45) is 11.8 Å². The van der Waals surface area contributed by atoms with Crippen LogP contribution in [0.3, 0.4) is 0 Å². The highest BCUT2D eigenvalue weighted by molar-refractivity contribution is 5.94. The average Bonchev–Trinajstić information content (AvgIpc) is 3.09. The number of hydrogen-bond donors (Lipinski definition) is 1. The van der Waals surface area contributed by atoms with Crippen LogP contribution in [0.25, 0.3) is 0 Å². The summed E-state index contributed by atoms with van der Waals surface area (Å²) in [5.41, 5.74) is 1.03. The van der Waals surface area contributed by atoms with Crippen LogP contribution in [0.4, 0.5) is 4.39 Å². The quantitative estimate of drug-likeness (QED) is 0.919. The lowest BCUT2D eigenvalue weighted by Gasteiger charge is -2.38. The average molecular weight is 334 g/mol. The van der Waals surface area contributed by atoms with Gasteiger partial charge in [-0.05, 0) is 74.9 Å². The number of likely N-dealkylation sites (tertiary alicyclic amines) is 2. The number of hydrogen-bond acceptors (Lipinski definition) is 3. The first-order valence-corrected chi connectivity index (χ1v) is 8.95. The number of nitrogens with zero attached hydrogens (tertiary/aromatic N) is 2. The largest absolute Gasteiger partial charge is 0.396 e. The monoisotopic (exact) mass is 334 g/mol. The second-order valence-electron chi connectivity index (χ2n) is 7.33. The topological polar surface area (TPSA) is 43.8 Å². The molecule has 5 heteroatoms. The van der Waals surface area contributed by atoms with Crippen LogP contribution in [0.2, 0.25) is 0 Å². The molecule has 132 valence electrons. The summed E-state index contributed by atoms with van der Waals surface area (Å²) in [7, 11) is 0. The molecule has 1 aromatic carbocycles. The van der Waals surface area contributed by atoms with Crippen molar-refractivity contribution >= 4 is 5.91 Å². The molecular formula is C19H27FN2O2. The van der Waals surface area contributed by atoms with Gasteiger partial charge in [0.1, 0.15) is 5.82 Å². The molecule has 2 saturated heterocycles. The number of carbonyl (C=O) groups is 1. The maximum absolute atomic E-state index is 13.4. The van der Waals surface area contributed by atoms with Crippen molar-refractivity contribution < 1.29 is 14.3 Å². The third kappa shape index (κ3) is 3.95. The summed E-state index contributed by atoms with van der Waals surface area (Å²) >= 11 is 0. The minimum absolute atomic E-state index is 0.0531. The Morgan fingerprint density at radius 3 is 2.62 bits per heavy atom. The zero-order valence-electron chi connectivity index (χ0n) is 14.4. The molecule has 0 spiro atoms. The van der Waals surface area contributed by atoms with Gasteiger partial charge < -0.3 is 14.9 Å². The number of halogens is 1. The number of benzene rings is 1. The van der Waals surface area contributed by atoms with E-state index in [0.29, 0.717) is 23.6 Å². The van der Waals surface area contributed by atoms with Gasteiger partial charge in [-0.2, -0.15) is 0 Å². The first-order valence-electron chi connectivity index (χ1n) is 8.95. The highest BCUT2D eigenvalue weighted by Gasteiger charge is 2.31. The number of rotatable bonds is 4. The van der Waals surface area contributed by atoms with Crippen LogP contribution >= 0.6 is 0 Å². The summed E-state index contributed by atoms with van der Waals surface area (Å²) in [6.45, 7) is 6.39. The van der Waals surface area contributed by atoms with E-state index in [0.717, 1.165) is 32.6 Å². The molecule has 24 heavy (non-hydrogen) atoms. The van der Waals surface area contributed by atoms with E-state index in [-0.39, 0.29) is 24.2 Å². The molecule has 2 atom stereocenters. The Morgan fingerprint density at radius 1 is 1.25 bits per heavy atom. The number of carbonyl (C=O) groups excluding carboxylic acids is 1. The lowest BCUT2D eigenvalue weighted by atomic mass is 9.88. The van der Waals surface area contributed by atoms with E-state index in [1.807, 2.05) is 4.90 Å². The second-order valence-corrected chi connectivity index (χ2v) is 7.33. The molecule has 0 saturated carbocycles. The molecule has 0 aliphatic carbocycles. The van der Waals surface area contributed by atoms with Crippen LogP contribution < -0.4 is 0 Å². The van der Waals surface area contributed by atoms with Gasteiger partial charge in [0.15, 0.2) is 0 Å². The minimum atomic E-state index is -0.287. The molecule has 2 aliphatic rings. The summed E-state index contributed by atoms with van der Waals surface area (Å²) in [5, 5.41) is 9.62. The predicted molar refractivity (Wildman–Crippen MR) is 91.4 cm³/mol. The molecule has 2 aliphatic heterocycles. The van der Waals surface area contributed by atoms with Gasteiger partial charge in [-0.3, -0.25) is 4.79 Å². The van der Waals surface area contributed by atoms with Crippen molar-refractivity contribution in [2.45, 2.75) is 26.2 Å². The first kappa shape index (κ1) is 17.4. The molecule has 1 N–H and O–H groups in total. The maximum atomic E-state index is 13.4. The van der Waals surface area contributed by atoms with Crippen LogP contribution in [0.5, 0.6) is 0 Å². The Morgan fingerprint density at radius 2 is 1.96 bits per heavy atom.